The van der Waals surface area contributed by atoms with Gasteiger partial charge in [0.25, 0.3) is 0 Å². The first-order valence-electron chi connectivity index (χ1n) is 7.35. The molecule has 1 amide bonds. The molecule has 0 saturated heterocycles. The normalized spacial score (nSPS) is 10.6. The van der Waals surface area contributed by atoms with Crippen LogP contribution >= 0.6 is 0 Å². The van der Waals surface area contributed by atoms with Gasteiger partial charge < -0.3 is 15.0 Å². The number of fused-ring (bicyclic) bond motifs is 1. The van der Waals surface area contributed by atoms with Crippen LogP contribution in [0.4, 0.5) is 10.1 Å². The van der Waals surface area contributed by atoms with Gasteiger partial charge in [0.15, 0.2) is 0 Å². The second kappa shape index (κ2) is 6.60. The fourth-order valence-electron chi connectivity index (χ4n) is 2.51. The SMILES string of the molecule is COC(=O)c1ccccc1NC(=O)Cn1c(=O)[nH]c2cc(F)ccc21. The number of halogens is 1. The number of nitrogens with one attached hydrogen (secondary N) is 2. The van der Waals surface area contributed by atoms with Gasteiger partial charge in [-0.15, -0.1) is 0 Å². The first-order chi connectivity index (χ1) is 12.0. The number of carbonyl (C=O) groups is 2. The third kappa shape index (κ3) is 3.27. The standard InChI is InChI=1S/C17H14FN3O4/c1-25-16(23)11-4-2-3-5-12(11)19-15(22)9-21-14-7-6-10(18)8-13(14)20-17(21)24/h2-8H,9H2,1H3,(H,19,22)(H,20,24). The number of imidazole rings is 1. The molecule has 0 fully saturated rings. The van der Waals surface area contributed by atoms with Crippen LogP contribution in [0.15, 0.2) is 47.3 Å². The predicted octanol–water partition coefficient (Wildman–Crippen LogP) is 1.89. The zero-order valence-electron chi connectivity index (χ0n) is 13.2. The Hall–Kier alpha value is -3.42. The summed E-state index contributed by atoms with van der Waals surface area (Å²) < 4.78 is 19.1. The van der Waals surface area contributed by atoms with Crippen LogP contribution in [0.2, 0.25) is 0 Å². The Bertz CT molecular complexity index is 1020. The van der Waals surface area contributed by atoms with E-state index in [4.69, 9.17) is 0 Å². The minimum absolute atomic E-state index is 0.201. The fraction of sp³-hybridized carbons (Fsp3) is 0.118. The molecule has 7 nitrogen and oxygen atoms in total. The van der Waals surface area contributed by atoms with Crippen LogP contribution in [0.3, 0.4) is 0 Å². The number of benzene rings is 2. The Morgan fingerprint density at radius 2 is 2.00 bits per heavy atom. The largest absolute Gasteiger partial charge is 0.465 e. The van der Waals surface area contributed by atoms with E-state index in [1.807, 2.05) is 0 Å². The van der Waals surface area contributed by atoms with Crippen LogP contribution in [0.1, 0.15) is 10.4 Å². The van der Waals surface area contributed by atoms with E-state index < -0.39 is 23.4 Å². The minimum Gasteiger partial charge on any atom is -0.465 e. The summed E-state index contributed by atoms with van der Waals surface area (Å²) in [6.45, 7) is -0.292. The van der Waals surface area contributed by atoms with Crippen molar-refractivity contribution in [2.45, 2.75) is 6.54 Å². The van der Waals surface area contributed by atoms with Crippen LogP contribution in [-0.4, -0.2) is 28.5 Å². The summed E-state index contributed by atoms with van der Waals surface area (Å²) in [5, 5.41) is 2.58. The molecule has 25 heavy (non-hydrogen) atoms. The number of anilines is 1. The van der Waals surface area contributed by atoms with Crippen LogP contribution < -0.4 is 11.0 Å². The lowest BCUT2D eigenvalue weighted by Crippen LogP contribution is -2.26. The summed E-state index contributed by atoms with van der Waals surface area (Å²) in [7, 11) is 1.24. The van der Waals surface area contributed by atoms with Gasteiger partial charge in [0.05, 0.1) is 29.4 Å². The highest BCUT2D eigenvalue weighted by molar-refractivity contribution is 6.01. The van der Waals surface area contributed by atoms with Gasteiger partial charge in [-0.25, -0.2) is 14.0 Å². The first kappa shape index (κ1) is 16.4. The molecule has 3 rings (SSSR count). The van der Waals surface area contributed by atoms with Crippen molar-refractivity contribution in [3.63, 3.8) is 0 Å². The molecule has 0 radical (unpaired) electrons. The van der Waals surface area contributed by atoms with Crippen LogP contribution in [0.5, 0.6) is 0 Å². The van der Waals surface area contributed by atoms with Crippen molar-refractivity contribution in [3.8, 4) is 0 Å². The van der Waals surface area contributed by atoms with E-state index in [0.29, 0.717) is 11.0 Å². The van der Waals surface area contributed by atoms with Crippen molar-refractivity contribution in [1.29, 1.82) is 0 Å². The maximum absolute atomic E-state index is 13.2. The molecular weight excluding hydrogens is 329 g/mol. The maximum Gasteiger partial charge on any atom is 0.339 e. The number of para-hydroxylation sites is 1. The van der Waals surface area contributed by atoms with E-state index in [9.17, 15) is 18.8 Å². The monoisotopic (exact) mass is 343 g/mol. The van der Waals surface area contributed by atoms with E-state index in [2.05, 4.69) is 15.0 Å². The number of carbonyl (C=O) groups excluding carboxylic acids is 2. The Morgan fingerprint density at radius 1 is 1.24 bits per heavy atom. The van der Waals surface area contributed by atoms with Gasteiger partial charge in [-0.2, -0.15) is 0 Å². The summed E-state index contributed by atoms with van der Waals surface area (Å²) in [5.74, 6) is -1.59. The molecule has 2 aromatic carbocycles. The average molecular weight is 343 g/mol. The molecule has 2 N–H and O–H groups in total. The van der Waals surface area contributed by atoms with Crippen molar-refractivity contribution >= 4 is 28.6 Å². The van der Waals surface area contributed by atoms with Gasteiger partial charge in [0.2, 0.25) is 5.91 Å². The van der Waals surface area contributed by atoms with Crippen LogP contribution in [0.25, 0.3) is 11.0 Å². The first-order valence-corrected chi connectivity index (χ1v) is 7.35. The molecule has 0 aliphatic rings. The molecule has 8 heteroatoms. The molecule has 1 aromatic heterocycles. The lowest BCUT2D eigenvalue weighted by Gasteiger charge is -2.10. The van der Waals surface area contributed by atoms with E-state index >= 15 is 0 Å². The van der Waals surface area contributed by atoms with Crippen molar-refractivity contribution in [3.05, 3.63) is 64.3 Å². The molecule has 0 spiro atoms. The van der Waals surface area contributed by atoms with Gasteiger partial charge in [-0.3, -0.25) is 9.36 Å². The molecule has 128 valence electrons. The number of hydrogen-bond acceptors (Lipinski definition) is 4. The smallest absolute Gasteiger partial charge is 0.339 e. The highest BCUT2D eigenvalue weighted by Gasteiger charge is 2.15. The summed E-state index contributed by atoms with van der Waals surface area (Å²) in [5.41, 5.74) is 0.651. The van der Waals surface area contributed by atoms with Crippen LogP contribution in [0, 0.1) is 5.82 Å². The van der Waals surface area contributed by atoms with E-state index in [-0.39, 0.29) is 17.8 Å². The summed E-state index contributed by atoms with van der Waals surface area (Å²) >= 11 is 0. The number of H-pyrrole nitrogens is 1. The Balaban J connectivity index is 1.86. The minimum atomic E-state index is -0.587. The molecule has 0 saturated carbocycles. The molecule has 0 atom stereocenters. The molecule has 0 aliphatic carbocycles. The number of esters is 1. The zero-order valence-corrected chi connectivity index (χ0v) is 13.2. The van der Waals surface area contributed by atoms with E-state index in [0.717, 1.165) is 0 Å². The number of hydrogen-bond donors (Lipinski definition) is 2. The Morgan fingerprint density at radius 3 is 2.76 bits per heavy atom. The predicted molar refractivity (Wildman–Crippen MR) is 88.9 cm³/mol. The number of nitrogens with zero attached hydrogens (tertiary/aromatic N) is 1. The second-order valence-electron chi connectivity index (χ2n) is 5.26. The summed E-state index contributed by atoms with van der Waals surface area (Å²) in [6.07, 6.45) is 0. The number of methoxy groups -OCH3 is 1. The fourth-order valence-corrected chi connectivity index (χ4v) is 2.51. The van der Waals surface area contributed by atoms with Crippen molar-refractivity contribution in [1.82, 2.24) is 9.55 Å². The molecule has 1 heterocycles. The second-order valence-corrected chi connectivity index (χ2v) is 5.26. The number of aromatic nitrogens is 2. The topological polar surface area (TPSA) is 93.2 Å². The molecule has 3 aromatic rings. The van der Waals surface area contributed by atoms with E-state index in [1.165, 1.54) is 35.9 Å². The summed E-state index contributed by atoms with van der Waals surface area (Å²) in [6, 6.07) is 10.2. The molecule has 0 bridgehead atoms. The zero-order chi connectivity index (χ0) is 18.0. The Kier molecular flexibility index (Phi) is 4.34. The third-order valence-corrected chi connectivity index (χ3v) is 3.64. The highest BCUT2D eigenvalue weighted by atomic mass is 19.1. The summed E-state index contributed by atoms with van der Waals surface area (Å²) in [4.78, 5) is 38.5. The number of ether oxygens (including phenoxy) is 1. The quantitative estimate of drug-likeness (QED) is 0.708. The average Bonchev–Trinajstić information content (AvgIpc) is 2.89. The van der Waals surface area contributed by atoms with Crippen molar-refractivity contribution in [2.24, 2.45) is 0 Å². The van der Waals surface area contributed by atoms with Gasteiger partial charge >= 0.3 is 11.7 Å². The molecule has 0 unspecified atom stereocenters. The van der Waals surface area contributed by atoms with Gasteiger partial charge in [0.1, 0.15) is 12.4 Å². The van der Waals surface area contributed by atoms with Crippen molar-refractivity contribution in [2.75, 3.05) is 12.4 Å². The van der Waals surface area contributed by atoms with E-state index in [1.54, 1.807) is 18.2 Å². The lowest BCUT2D eigenvalue weighted by atomic mass is 10.2. The highest BCUT2D eigenvalue weighted by Crippen LogP contribution is 2.17. The lowest BCUT2D eigenvalue weighted by molar-refractivity contribution is -0.116. The van der Waals surface area contributed by atoms with Crippen molar-refractivity contribution < 1.29 is 18.7 Å². The van der Waals surface area contributed by atoms with Gasteiger partial charge in [-0.05, 0) is 30.3 Å². The molecular formula is C17H14FN3O4. The van der Waals surface area contributed by atoms with Gasteiger partial charge in [0, 0.05) is 0 Å². The van der Waals surface area contributed by atoms with Gasteiger partial charge in [-0.1, -0.05) is 12.1 Å². The Labute approximate surface area is 141 Å². The molecule has 0 aliphatic heterocycles. The maximum atomic E-state index is 13.2. The third-order valence-electron chi connectivity index (χ3n) is 3.64. The number of amides is 1. The number of aromatic amines is 1. The van der Waals surface area contributed by atoms with Crippen LogP contribution in [-0.2, 0) is 16.1 Å². The number of rotatable bonds is 4.